The molecule has 0 bridgehead atoms. The molecular formula is C69H57N. The van der Waals surface area contributed by atoms with Crippen LogP contribution in [-0.4, -0.2) is 0 Å². The topological polar surface area (TPSA) is 3.24 Å². The molecule has 2 aliphatic carbocycles. The number of hydrogen-bond donors (Lipinski definition) is 0. The minimum atomic E-state index is 0.541. The van der Waals surface area contributed by atoms with Crippen LogP contribution in [0.3, 0.4) is 0 Å². The van der Waals surface area contributed by atoms with E-state index in [4.69, 9.17) is 0 Å². The van der Waals surface area contributed by atoms with Crippen LogP contribution >= 0.6 is 0 Å². The lowest BCUT2D eigenvalue weighted by molar-refractivity contribution is 0.445. The summed E-state index contributed by atoms with van der Waals surface area (Å²) in [4.78, 5) is 2.47. The molecule has 1 nitrogen and oxygen atoms in total. The molecule has 338 valence electrons. The highest BCUT2D eigenvalue weighted by atomic mass is 15.1. The van der Waals surface area contributed by atoms with E-state index in [1.54, 1.807) is 0 Å². The fourth-order valence-corrected chi connectivity index (χ4v) is 11.5. The molecule has 0 aromatic heterocycles. The molecule has 0 heterocycles. The summed E-state index contributed by atoms with van der Waals surface area (Å²) in [6.45, 7) is 2.33. The number of hydrogen-bond acceptors (Lipinski definition) is 1. The first-order chi connectivity index (χ1) is 34.6. The fraction of sp³-hybridized carbons (Fsp3) is 0.130. The summed E-state index contributed by atoms with van der Waals surface area (Å²) in [5.41, 5.74) is 22.4. The highest BCUT2D eigenvalue weighted by Crippen LogP contribution is 2.47. The Labute approximate surface area is 414 Å². The second-order valence-electron chi connectivity index (χ2n) is 19.4. The Morgan fingerprint density at radius 1 is 0.371 bits per heavy atom. The first-order valence-electron chi connectivity index (χ1n) is 25.4. The number of nitrogens with zero attached hydrogens (tertiary/aromatic N) is 1. The maximum atomic E-state index is 2.47. The van der Waals surface area contributed by atoms with Gasteiger partial charge in [0.05, 0.1) is 5.69 Å². The van der Waals surface area contributed by atoms with Crippen LogP contribution in [0.15, 0.2) is 237 Å². The monoisotopic (exact) mass is 899 g/mol. The van der Waals surface area contributed by atoms with Crippen molar-refractivity contribution in [3.63, 3.8) is 0 Å². The SMILES string of the molecule is CC1CC=Cc2c(-c3ccc(-c4ccc(N(c5ccc(-c6ccc(-c7ccccc7)c(-c7ccccc7)c6)cc5)c5ccccc5-c5cccc6cccc(C7CCCCC7)c56)cc4)cc3)cccc21. The summed E-state index contributed by atoms with van der Waals surface area (Å²) < 4.78 is 0. The van der Waals surface area contributed by atoms with Crippen LogP contribution in [0.4, 0.5) is 17.1 Å². The third-order valence-electron chi connectivity index (χ3n) is 15.2. The Morgan fingerprint density at radius 3 is 1.59 bits per heavy atom. The molecule has 1 fully saturated rings. The van der Waals surface area contributed by atoms with Crippen molar-refractivity contribution < 1.29 is 0 Å². The van der Waals surface area contributed by atoms with Crippen LogP contribution in [0.2, 0.25) is 0 Å². The number of anilines is 3. The van der Waals surface area contributed by atoms with E-state index >= 15 is 0 Å². The van der Waals surface area contributed by atoms with Gasteiger partial charge in [-0.2, -0.15) is 0 Å². The zero-order chi connectivity index (χ0) is 46.8. The van der Waals surface area contributed by atoms with E-state index < -0.39 is 0 Å². The van der Waals surface area contributed by atoms with Gasteiger partial charge < -0.3 is 4.90 Å². The quantitative estimate of drug-likeness (QED) is 0.132. The third-order valence-corrected chi connectivity index (χ3v) is 15.2. The molecule has 1 atom stereocenters. The Bertz CT molecular complexity index is 3460. The summed E-state index contributed by atoms with van der Waals surface area (Å²) in [6, 6.07) is 85.7. The number of para-hydroxylation sites is 1. The van der Waals surface area contributed by atoms with Gasteiger partial charge in [0.15, 0.2) is 0 Å². The molecule has 0 spiro atoms. The predicted octanol–water partition coefficient (Wildman–Crippen LogP) is 19.9. The van der Waals surface area contributed by atoms with E-state index in [1.807, 2.05) is 0 Å². The predicted molar refractivity (Wildman–Crippen MR) is 299 cm³/mol. The van der Waals surface area contributed by atoms with E-state index in [0.717, 1.165) is 23.5 Å². The maximum absolute atomic E-state index is 2.47. The molecule has 12 rings (SSSR count). The third kappa shape index (κ3) is 8.37. The Balaban J connectivity index is 0.951. The maximum Gasteiger partial charge on any atom is 0.0540 e. The van der Waals surface area contributed by atoms with Crippen molar-refractivity contribution in [2.75, 3.05) is 4.90 Å². The minimum absolute atomic E-state index is 0.541. The molecule has 0 radical (unpaired) electrons. The Kier molecular flexibility index (Phi) is 11.9. The molecule has 0 saturated heterocycles. The van der Waals surface area contributed by atoms with Gasteiger partial charge in [-0.1, -0.05) is 232 Å². The van der Waals surface area contributed by atoms with Gasteiger partial charge in [0.1, 0.15) is 0 Å². The van der Waals surface area contributed by atoms with E-state index in [2.05, 4.69) is 254 Å². The van der Waals surface area contributed by atoms with Crippen molar-refractivity contribution in [3.05, 3.63) is 253 Å². The number of benzene rings is 10. The van der Waals surface area contributed by atoms with Crippen LogP contribution in [0.1, 0.15) is 74.0 Å². The van der Waals surface area contributed by atoms with Gasteiger partial charge in [-0.3, -0.25) is 0 Å². The number of allylic oxidation sites excluding steroid dienone is 1. The molecule has 1 unspecified atom stereocenters. The summed E-state index contributed by atoms with van der Waals surface area (Å²) in [5.74, 6) is 1.12. The van der Waals surface area contributed by atoms with E-state index in [-0.39, 0.29) is 0 Å². The minimum Gasteiger partial charge on any atom is -0.310 e. The lowest BCUT2D eigenvalue weighted by Gasteiger charge is -2.29. The molecule has 0 N–H and O–H groups in total. The van der Waals surface area contributed by atoms with E-state index in [9.17, 15) is 0 Å². The molecular weight excluding hydrogens is 843 g/mol. The molecule has 2 aliphatic rings. The standard InChI is InChI=1S/C69H57N/c1-48-17-13-30-64-60(48)27-16-28-61(64)55-35-33-49(34-36-55)50-37-42-58(43-38-50)70(68-32-12-11-26-65(68)66-31-15-25-56-24-14-29-63(69(56)66)53-20-7-3-8-21-53)59-44-39-51(40-45-59)57-41-46-62(52-18-5-2-6-19-52)67(47-57)54-22-9-4-10-23-54/h2,4-6,9-16,18-19,22-48,53H,3,7-8,17,20-21H2,1H3. The van der Waals surface area contributed by atoms with Crippen molar-refractivity contribution >= 4 is 33.9 Å². The molecule has 70 heavy (non-hydrogen) atoms. The molecule has 10 aromatic carbocycles. The second-order valence-corrected chi connectivity index (χ2v) is 19.4. The Hall–Kier alpha value is -8.00. The van der Waals surface area contributed by atoms with Gasteiger partial charge in [0.25, 0.3) is 0 Å². The average molecular weight is 900 g/mol. The van der Waals surface area contributed by atoms with Crippen LogP contribution < -0.4 is 4.90 Å². The smallest absolute Gasteiger partial charge is 0.0540 e. The van der Waals surface area contributed by atoms with Crippen molar-refractivity contribution in [1.29, 1.82) is 0 Å². The lowest BCUT2D eigenvalue weighted by Crippen LogP contribution is -2.11. The van der Waals surface area contributed by atoms with Gasteiger partial charge >= 0.3 is 0 Å². The summed E-state index contributed by atoms with van der Waals surface area (Å²) in [7, 11) is 0. The zero-order valence-corrected chi connectivity index (χ0v) is 39.9. The van der Waals surface area contributed by atoms with Crippen molar-refractivity contribution in [3.8, 4) is 66.8 Å². The summed E-state index contributed by atoms with van der Waals surface area (Å²) in [6.07, 6.45) is 12.2. The fourth-order valence-electron chi connectivity index (χ4n) is 11.5. The highest BCUT2D eigenvalue weighted by Gasteiger charge is 2.23. The van der Waals surface area contributed by atoms with Crippen LogP contribution in [0, 0.1) is 0 Å². The van der Waals surface area contributed by atoms with Crippen molar-refractivity contribution in [2.45, 2.75) is 57.3 Å². The van der Waals surface area contributed by atoms with Gasteiger partial charge in [-0.25, -0.2) is 0 Å². The van der Waals surface area contributed by atoms with E-state index in [0.29, 0.717) is 11.8 Å². The van der Waals surface area contributed by atoms with Gasteiger partial charge in [0.2, 0.25) is 0 Å². The largest absolute Gasteiger partial charge is 0.310 e. The van der Waals surface area contributed by atoms with Crippen LogP contribution in [-0.2, 0) is 0 Å². The van der Waals surface area contributed by atoms with Crippen LogP contribution in [0.25, 0.3) is 83.6 Å². The second kappa shape index (κ2) is 19.2. The van der Waals surface area contributed by atoms with Crippen LogP contribution in [0.5, 0.6) is 0 Å². The molecule has 10 aromatic rings. The first kappa shape index (κ1) is 43.3. The number of fused-ring (bicyclic) bond motifs is 2. The average Bonchev–Trinajstić information content (AvgIpc) is 3.44. The van der Waals surface area contributed by atoms with E-state index in [1.165, 1.54) is 126 Å². The lowest BCUT2D eigenvalue weighted by atomic mass is 9.80. The zero-order valence-electron chi connectivity index (χ0n) is 39.9. The molecule has 1 heteroatoms. The molecule has 1 saturated carbocycles. The first-order valence-corrected chi connectivity index (χ1v) is 25.4. The van der Waals surface area contributed by atoms with Crippen molar-refractivity contribution in [2.24, 2.45) is 0 Å². The summed E-state index contributed by atoms with van der Waals surface area (Å²) in [5, 5.41) is 2.71. The summed E-state index contributed by atoms with van der Waals surface area (Å²) >= 11 is 0. The molecule has 0 aliphatic heterocycles. The number of rotatable bonds is 10. The molecule has 0 amide bonds. The van der Waals surface area contributed by atoms with Gasteiger partial charge in [0, 0.05) is 16.9 Å². The van der Waals surface area contributed by atoms with Gasteiger partial charge in [-0.15, -0.1) is 0 Å². The van der Waals surface area contributed by atoms with Crippen molar-refractivity contribution in [1.82, 2.24) is 0 Å². The normalized spacial score (nSPS) is 14.6. The Morgan fingerprint density at radius 2 is 0.886 bits per heavy atom. The van der Waals surface area contributed by atoms with Gasteiger partial charge in [-0.05, 0) is 156 Å². The highest BCUT2D eigenvalue weighted by molar-refractivity contribution is 6.03.